The molecule has 2 N–H and O–H groups in total. The molecule has 0 bridgehead atoms. The summed E-state index contributed by atoms with van der Waals surface area (Å²) in [4.78, 5) is 0. The van der Waals surface area contributed by atoms with Gasteiger partial charge in [0, 0.05) is 6.04 Å². The Balaban J connectivity index is 1.72. The van der Waals surface area contributed by atoms with E-state index in [9.17, 15) is 0 Å². The van der Waals surface area contributed by atoms with Crippen LogP contribution in [0.4, 0.5) is 0 Å². The highest BCUT2D eigenvalue weighted by Crippen LogP contribution is 2.32. The first-order valence-electron chi connectivity index (χ1n) is 5.65. The third kappa shape index (κ3) is 2.44. The van der Waals surface area contributed by atoms with E-state index in [-0.39, 0.29) is 0 Å². The predicted octanol–water partition coefficient (Wildman–Crippen LogP) is 2.07. The molecule has 2 nitrogen and oxygen atoms in total. The summed E-state index contributed by atoms with van der Waals surface area (Å²) in [6.07, 6.45) is 8.62. The molecule has 4 unspecified atom stereocenters. The van der Waals surface area contributed by atoms with Crippen LogP contribution < -0.4 is 5.73 Å². The fourth-order valence-corrected chi connectivity index (χ4v) is 2.76. The largest absolute Gasteiger partial charge is 0.375 e. The van der Waals surface area contributed by atoms with Gasteiger partial charge in [0.15, 0.2) is 0 Å². The van der Waals surface area contributed by atoms with Crippen molar-refractivity contribution in [2.45, 2.75) is 63.7 Å². The Morgan fingerprint density at radius 3 is 2.62 bits per heavy atom. The first-order chi connectivity index (χ1) is 6.24. The lowest BCUT2D eigenvalue weighted by atomic mass is 9.98. The lowest BCUT2D eigenvalue weighted by Gasteiger charge is -2.15. The highest BCUT2D eigenvalue weighted by Gasteiger charge is 2.28. The highest BCUT2D eigenvalue weighted by molar-refractivity contribution is 4.82. The Labute approximate surface area is 80.8 Å². The summed E-state index contributed by atoms with van der Waals surface area (Å²) in [7, 11) is 0. The van der Waals surface area contributed by atoms with Crippen molar-refractivity contribution in [3.05, 3.63) is 0 Å². The van der Waals surface area contributed by atoms with Gasteiger partial charge in [0.1, 0.15) is 0 Å². The molecule has 2 heteroatoms. The predicted molar refractivity (Wildman–Crippen MR) is 53.5 cm³/mol. The van der Waals surface area contributed by atoms with Crippen LogP contribution in [-0.4, -0.2) is 18.2 Å². The zero-order valence-corrected chi connectivity index (χ0v) is 8.54. The van der Waals surface area contributed by atoms with Gasteiger partial charge in [-0.2, -0.15) is 0 Å². The van der Waals surface area contributed by atoms with E-state index in [4.69, 9.17) is 10.5 Å². The molecule has 0 radical (unpaired) electrons. The van der Waals surface area contributed by atoms with E-state index >= 15 is 0 Å². The molecule has 2 rings (SSSR count). The Kier molecular flexibility index (Phi) is 2.89. The molecule has 4 atom stereocenters. The molecule has 2 fully saturated rings. The number of hydrogen-bond acceptors (Lipinski definition) is 2. The molecule has 1 saturated heterocycles. The van der Waals surface area contributed by atoms with Crippen molar-refractivity contribution in [3.63, 3.8) is 0 Å². The Bertz CT molecular complexity index is 153. The van der Waals surface area contributed by atoms with E-state index in [0.717, 1.165) is 5.92 Å². The van der Waals surface area contributed by atoms with E-state index in [1.54, 1.807) is 0 Å². The van der Waals surface area contributed by atoms with Gasteiger partial charge < -0.3 is 10.5 Å². The standard InChI is InChI=1S/C11H21NO/c1-8-2-5-11(13-8)7-9-3-4-10(12)6-9/h8-11H,2-7,12H2,1H3. The lowest BCUT2D eigenvalue weighted by molar-refractivity contribution is 0.0413. The maximum atomic E-state index is 5.89. The Morgan fingerprint density at radius 2 is 2.08 bits per heavy atom. The molecule has 0 spiro atoms. The van der Waals surface area contributed by atoms with Gasteiger partial charge in [0.05, 0.1) is 12.2 Å². The molecule has 0 aromatic carbocycles. The van der Waals surface area contributed by atoms with Crippen LogP contribution in [0.15, 0.2) is 0 Å². The van der Waals surface area contributed by atoms with Crippen LogP contribution in [0.3, 0.4) is 0 Å². The van der Waals surface area contributed by atoms with Crippen molar-refractivity contribution in [3.8, 4) is 0 Å². The van der Waals surface area contributed by atoms with Crippen molar-refractivity contribution < 1.29 is 4.74 Å². The number of hydrogen-bond donors (Lipinski definition) is 1. The zero-order valence-electron chi connectivity index (χ0n) is 8.54. The van der Waals surface area contributed by atoms with Crippen LogP contribution in [0.2, 0.25) is 0 Å². The van der Waals surface area contributed by atoms with E-state index in [0.29, 0.717) is 18.2 Å². The average molecular weight is 183 g/mol. The van der Waals surface area contributed by atoms with Crippen LogP contribution in [0.5, 0.6) is 0 Å². The van der Waals surface area contributed by atoms with Crippen molar-refractivity contribution in [2.75, 3.05) is 0 Å². The van der Waals surface area contributed by atoms with Crippen LogP contribution in [-0.2, 0) is 4.74 Å². The molecular formula is C11H21NO. The molecular weight excluding hydrogens is 162 g/mol. The third-order valence-electron chi connectivity index (χ3n) is 3.50. The van der Waals surface area contributed by atoms with Gasteiger partial charge in [-0.15, -0.1) is 0 Å². The second kappa shape index (κ2) is 3.97. The van der Waals surface area contributed by atoms with Crippen LogP contribution in [0, 0.1) is 5.92 Å². The number of nitrogens with two attached hydrogens (primary N) is 1. The van der Waals surface area contributed by atoms with Gasteiger partial charge in [-0.3, -0.25) is 0 Å². The number of rotatable bonds is 2. The molecule has 1 heterocycles. The highest BCUT2D eigenvalue weighted by atomic mass is 16.5. The summed E-state index contributed by atoms with van der Waals surface area (Å²) in [6.45, 7) is 2.18. The van der Waals surface area contributed by atoms with E-state index in [1.165, 1.54) is 38.5 Å². The van der Waals surface area contributed by atoms with Crippen LogP contribution in [0.1, 0.15) is 45.4 Å². The summed E-state index contributed by atoms with van der Waals surface area (Å²) in [5.74, 6) is 0.852. The molecule has 1 aliphatic heterocycles. The Morgan fingerprint density at radius 1 is 1.23 bits per heavy atom. The topological polar surface area (TPSA) is 35.2 Å². The summed E-state index contributed by atoms with van der Waals surface area (Å²) >= 11 is 0. The second-order valence-electron chi connectivity index (χ2n) is 4.82. The minimum Gasteiger partial charge on any atom is -0.375 e. The van der Waals surface area contributed by atoms with E-state index in [1.807, 2.05) is 0 Å². The molecule has 2 aliphatic rings. The quantitative estimate of drug-likeness (QED) is 0.711. The molecule has 0 aromatic rings. The van der Waals surface area contributed by atoms with Crippen LogP contribution >= 0.6 is 0 Å². The fourth-order valence-electron chi connectivity index (χ4n) is 2.76. The van der Waals surface area contributed by atoms with Gasteiger partial charge in [-0.25, -0.2) is 0 Å². The van der Waals surface area contributed by atoms with Crippen molar-refractivity contribution in [2.24, 2.45) is 11.7 Å². The first-order valence-corrected chi connectivity index (χ1v) is 5.65. The van der Waals surface area contributed by atoms with Crippen molar-refractivity contribution >= 4 is 0 Å². The minimum atomic E-state index is 0.476. The van der Waals surface area contributed by atoms with Crippen molar-refractivity contribution in [1.29, 1.82) is 0 Å². The normalized spacial score (nSPS) is 45.7. The fraction of sp³-hybridized carbons (Fsp3) is 1.00. The molecule has 1 aliphatic carbocycles. The van der Waals surface area contributed by atoms with Gasteiger partial charge in [-0.05, 0) is 51.4 Å². The SMILES string of the molecule is CC1CCC(CC2CCC(N)C2)O1. The number of ether oxygens (including phenoxy) is 1. The van der Waals surface area contributed by atoms with Crippen molar-refractivity contribution in [1.82, 2.24) is 0 Å². The summed E-state index contributed by atoms with van der Waals surface area (Å²) < 4.78 is 5.82. The second-order valence-corrected chi connectivity index (χ2v) is 4.82. The minimum absolute atomic E-state index is 0.476. The average Bonchev–Trinajstić information content (AvgIpc) is 2.62. The van der Waals surface area contributed by atoms with E-state index in [2.05, 4.69) is 6.92 Å². The molecule has 0 aromatic heterocycles. The van der Waals surface area contributed by atoms with Crippen LogP contribution in [0.25, 0.3) is 0 Å². The smallest absolute Gasteiger partial charge is 0.0582 e. The van der Waals surface area contributed by atoms with Gasteiger partial charge in [-0.1, -0.05) is 0 Å². The summed E-state index contributed by atoms with van der Waals surface area (Å²) in [5, 5.41) is 0. The zero-order chi connectivity index (χ0) is 9.26. The molecule has 13 heavy (non-hydrogen) atoms. The van der Waals surface area contributed by atoms with Gasteiger partial charge >= 0.3 is 0 Å². The monoisotopic (exact) mass is 183 g/mol. The molecule has 76 valence electrons. The molecule has 1 saturated carbocycles. The van der Waals surface area contributed by atoms with E-state index < -0.39 is 0 Å². The summed E-state index contributed by atoms with van der Waals surface area (Å²) in [6, 6.07) is 0.476. The van der Waals surface area contributed by atoms with Gasteiger partial charge in [0.2, 0.25) is 0 Å². The molecule has 0 amide bonds. The lowest BCUT2D eigenvalue weighted by Crippen LogP contribution is -2.17. The third-order valence-corrected chi connectivity index (χ3v) is 3.50. The maximum absolute atomic E-state index is 5.89. The summed E-state index contributed by atoms with van der Waals surface area (Å²) in [5.41, 5.74) is 5.89. The first kappa shape index (κ1) is 9.47. The maximum Gasteiger partial charge on any atom is 0.0582 e. The Hall–Kier alpha value is -0.0800. The van der Waals surface area contributed by atoms with Gasteiger partial charge in [0.25, 0.3) is 0 Å².